The summed E-state index contributed by atoms with van der Waals surface area (Å²) in [6.45, 7) is 0.389. The largest absolute Gasteiger partial charge is 0.215 e. The molecule has 0 aliphatic carbocycles. The van der Waals surface area contributed by atoms with Crippen LogP contribution in [0.4, 0.5) is 0 Å². The maximum atomic E-state index is 11.6. The number of sulfonamides is 1. The molecule has 0 aromatic heterocycles. The molecule has 0 fully saturated rings. The van der Waals surface area contributed by atoms with Crippen LogP contribution in [0.3, 0.4) is 0 Å². The molecule has 3 nitrogen and oxygen atoms in total. The number of benzene rings is 1. The van der Waals surface area contributed by atoms with Crippen LogP contribution in [0, 0.1) is 0 Å². The summed E-state index contributed by atoms with van der Waals surface area (Å²) < 4.78 is 24.5. The second-order valence-electron chi connectivity index (χ2n) is 3.25. The molecular formula is C10H14ClNO2S. The van der Waals surface area contributed by atoms with Crippen LogP contribution in [0.1, 0.15) is 5.56 Å². The smallest absolute Gasteiger partial charge is 0.212 e. The molecule has 1 rings (SSSR count). The van der Waals surface area contributed by atoms with Crippen molar-refractivity contribution in [3.63, 3.8) is 0 Å². The Morgan fingerprint density at radius 3 is 2.40 bits per heavy atom. The first-order valence-corrected chi connectivity index (χ1v) is 6.74. The summed E-state index contributed by atoms with van der Waals surface area (Å²) in [5.41, 5.74) is 0.971. The lowest BCUT2D eigenvalue weighted by molar-refractivity contribution is 0.468. The Balaban J connectivity index is 2.68. The van der Waals surface area contributed by atoms with Gasteiger partial charge < -0.3 is 0 Å². The van der Waals surface area contributed by atoms with Gasteiger partial charge in [-0.2, -0.15) is 0 Å². The van der Waals surface area contributed by atoms with Crippen molar-refractivity contribution in [1.29, 1.82) is 0 Å². The molecule has 0 aliphatic rings. The van der Waals surface area contributed by atoms with E-state index in [4.69, 9.17) is 11.6 Å². The first-order valence-electron chi connectivity index (χ1n) is 4.60. The molecule has 5 heteroatoms. The highest BCUT2D eigenvalue weighted by molar-refractivity contribution is 7.89. The molecule has 0 saturated heterocycles. The molecule has 0 aliphatic heterocycles. The van der Waals surface area contributed by atoms with E-state index in [1.807, 2.05) is 30.3 Å². The number of halogens is 1. The molecule has 0 N–H and O–H groups in total. The van der Waals surface area contributed by atoms with E-state index in [0.717, 1.165) is 5.56 Å². The van der Waals surface area contributed by atoms with Crippen LogP contribution < -0.4 is 0 Å². The molecule has 0 spiro atoms. The van der Waals surface area contributed by atoms with Gasteiger partial charge in [-0.1, -0.05) is 30.3 Å². The Morgan fingerprint density at radius 2 is 1.87 bits per heavy atom. The molecule has 0 saturated carbocycles. The van der Waals surface area contributed by atoms with Crippen LogP contribution >= 0.6 is 11.6 Å². The summed E-state index contributed by atoms with van der Waals surface area (Å²) in [5, 5.41) is 0. The first kappa shape index (κ1) is 12.5. The van der Waals surface area contributed by atoms with Gasteiger partial charge in [-0.05, 0) is 5.56 Å². The standard InChI is InChI=1S/C10H14ClNO2S/c1-12(15(13,14)8-7-11)9-10-5-3-2-4-6-10/h2-6H,7-9H2,1H3. The van der Waals surface area contributed by atoms with Gasteiger partial charge in [0.2, 0.25) is 10.0 Å². The Kier molecular flexibility index (Phi) is 4.57. The van der Waals surface area contributed by atoms with Gasteiger partial charge in [-0.25, -0.2) is 12.7 Å². The second-order valence-corrected chi connectivity index (χ2v) is 5.82. The Labute approximate surface area is 95.7 Å². The molecule has 15 heavy (non-hydrogen) atoms. The molecule has 0 radical (unpaired) electrons. The lowest BCUT2D eigenvalue weighted by atomic mass is 10.2. The number of nitrogens with zero attached hydrogens (tertiary/aromatic N) is 1. The van der Waals surface area contributed by atoms with Crippen molar-refractivity contribution in [2.75, 3.05) is 18.7 Å². The molecule has 0 heterocycles. The van der Waals surface area contributed by atoms with Crippen molar-refractivity contribution in [3.8, 4) is 0 Å². The average molecular weight is 248 g/mol. The molecule has 0 unspecified atom stereocenters. The van der Waals surface area contributed by atoms with E-state index in [-0.39, 0.29) is 11.6 Å². The van der Waals surface area contributed by atoms with Gasteiger partial charge in [0.15, 0.2) is 0 Å². The van der Waals surface area contributed by atoms with Crippen molar-refractivity contribution in [3.05, 3.63) is 35.9 Å². The molecular weight excluding hydrogens is 234 g/mol. The summed E-state index contributed by atoms with van der Waals surface area (Å²) in [4.78, 5) is 0. The summed E-state index contributed by atoms with van der Waals surface area (Å²) in [6, 6.07) is 9.46. The second kappa shape index (κ2) is 5.49. The fourth-order valence-corrected chi connectivity index (χ4v) is 2.63. The summed E-state index contributed by atoms with van der Waals surface area (Å²) in [5.74, 6) is 0.110. The van der Waals surface area contributed by atoms with Crippen LogP contribution in [0.25, 0.3) is 0 Å². The minimum atomic E-state index is -3.21. The summed E-state index contributed by atoms with van der Waals surface area (Å²) in [6.07, 6.45) is 0. The van der Waals surface area contributed by atoms with Crippen molar-refractivity contribution >= 4 is 21.6 Å². The van der Waals surface area contributed by atoms with E-state index in [9.17, 15) is 8.42 Å². The maximum absolute atomic E-state index is 11.6. The highest BCUT2D eigenvalue weighted by atomic mass is 35.5. The van der Waals surface area contributed by atoms with Crippen LogP contribution in [0.2, 0.25) is 0 Å². The number of hydrogen-bond donors (Lipinski definition) is 0. The van der Waals surface area contributed by atoms with E-state index < -0.39 is 10.0 Å². The van der Waals surface area contributed by atoms with Crippen molar-refractivity contribution in [2.24, 2.45) is 0 Å². The molecule has 0 bridgehead atoms. The van der Waals surface area contributed by atoms with Crippen LogP contribution in [-0.4, -0.2) is 31.4 Å². The van der Waals surface area contributed by atoms with E-state index in [1.165, 1.54) is 4.31 Å². The molecule has 1 aromatic rings. The third-order valence-corrected chi connectivity index (χ3v) is 4.27. The van der Waals surface area contributed by atoms with Crippen molar-refractivity contribution in [2.45, 2.75) is 6.54 Å². The zero-order valence-corrected chi connectivity index (χ0v) is 10.1. The van der Waals surface area contributed by atoms with Gasteiger partial charge >= 0.3 is 0 Å². The highest BCUT2D eigenvalue weighted by Crippen LogP contribution is 2.07. The van der Waals surface area contributed by atoms with Gasteiger partial charge in [0, 0.05) is 19.5 Å². The van der Waals surface area contributed by atoms with E-state index in [0.29, 0.717) is 6.54 Å². The number of hydrogen-bond acceptors (Lipinski definition) is 2. The van der Waals surface area contributed by atoms with E-state index in [2.05, 4.69) is 0 Å². The molecule has 1 aromatic carbocycles. The SMILES string of the molecule is CN(Cc1ccccc1)S(=O)(=O)CCCl. The normalized spacial score (nSPS) is 11.9. The first-order chi connectivity index (χ1) is 7.06. The zero-order valence-electron chi connectivity index (χ0n) is 8.56. The fourth-order valence-electron chi connectivity index (χ4n) is 1.19. The fraction of sp³-hybridized carbons (Fsp3) is 0.400. The summed E-state index contributed by atoms with van der Waals surface area (Å²) in [7, 11) is -1.64. The lowest BCUT2D eigenvalue weighted by Crippen LogP contribution is -2.29. The van der Waals surface area contributed by atoms with E-state index in [1.54, 1.807) is 7.05 Å². The van der Waals surface area contributed by atoms with E-state index >= 15 is 0 Å². The van der Waals surface area contributed by atoms with Gasteiger partial charge in [-0.15, -0.1) is 11.6 Å². The predicted octanol–water partition coefficient (Wildman–Crippen LogP) is 1.69. The Morgan fingerprint density at radius 1 is 1.27 bits per heavy atom. The lowest BCUT2D eigenvalue weighted by Gasteiger charge is -2.16. The molecule has 0 amide bonds. The Hall–Kier alpha value is -0.580. The quantitative estimate of drug-likeness (QED) is 0.743. The number of alkyl halides is 1. The number of rotatable bonds is 5. The third-order valence-electron chi connectivity index (χ3n) is 2.06. The van der Waals surface area contributed by atoms with Crippen molar-refractivity contribution in [1.82, 2.24) is 4.31 Å². The monoisotopic (exact) mass is 247 g/mol. The highest BCUT2D eigenvalue weighted by Gasteiger charge is 2.16. The van der Waals surface area contributed by atoms with Gasteiger partial charge in [0.05, 0.1) is 5.75 Å². The third kappa shape index (κ3) is 3.81. The summed E-state index contributed by atoms with van der Waals surface area (Å²) >= 11 is 5.43. The van der Waals surface area contributed by atoms with Gasteiger partial charge in [-0.3, -0.25) is 0 Å². The minimum Gasteiger partial charge on any atom is -0.212 e. The van der Waals surface area contributed by atoms with Gasteiger partial charge in [0.25, 0.3) is 0 Å². The molecule has 84 valence electrons. The minimum absolute atomic E-state index is 0.0160. The van der Waals surface area contributed by atoms with Crippen LogP contribution in [0.15, 0.2) is 30.3 Å². The topological polar surface area (TPSA) is 37.4 Å². The van der Waals surface area contributed by atoms with Crippen LogP contribution in [0.5, 0.6) is 0 Å². The predicted molar refractivity (Wildman–Crippen MR) is 62.4 cm³/mol. The van der Waals surface area contributed by atoms with Crippen molar-refractivity contribution < 1.29 is 8.42 Å². The average Bonchev–Trinajstić information content (AvgIpc) is 2.19. The molecule has 0 atom stereocenters. The van der Waals surface area contributed by atoms with Gasteiger partial charge in [0.1, 0.15) is 0 Å². The Bertz CT molecular complexity index is 391. The zero-order chi connectivity index (χ0) is 11.3. The van der Waals surface area contributed by atoms with Crippen LogP contribution in [-0.2, 0) is 16.6 Å². The maximum Gasteiger partial charge on any atom is 0.215 e.